The van der Waals surface area contributed by atoms with E-state index in [2.05, 4.69) is 16.8 Å². The Hall–Kier alpha value is -1.29. The van der Waals surface area contributed by atoms with E-state index in [9.17, 15) is 4.39 Å². The van der Waals surface area contributed by atoms with Crippen molar-refractivity contribution in [1.82, 2.24) is 4.90 Å². The summed E-state index contributed by atoms with van der Waals surface area (Å²) in [4.78, 5) is 4.58. The van der Waals surface area contributed by atoms with E-state index in [0.29, 0.717) is 18.3 Å². The van der Waals surface area contributed by atoms with Crippen LogP contribution in [0, 0.1) is 11.7 Å². The maximum absolute atomic E-state index is 14.2. The number of nitrogens with zero attached hydrogens (tertiary/aromatic N) is 2. The number of halogens is 1. The van der Waals surface area contributed by atoms with Crippen molar-refractivity contribution in [1.29, 1.82) is 0 Å². The van der Waals surface area contributed by atoms with Crippen molar-refractivity contribution in [3.8, 4) is 5.75 Å². The van der Waals surface area contributed by atoms with Gasteiger partial charge < -0.3 is 14.5 Å². The molecule has 0 aromatic heterocycles. The lowest BCUT2D eigenvalue weighted by molar-refractivity contribution is 0.157. The molecule has 21 heavy (non-hydrogen) atoms. The van der Waals surface area contributed by atoms with Crippen molar-refractivity contribution < 1.29 is 9.13 Å². The first-order chi connectivity index (χ1) is 10.2. The van der Waals surface area contributed by atoms with Crippen molar-refractivity contribution in [2.75, 3.05) is 44.7 Å². The van der Waals surface area contributed by atoms with Crippen LogP contribution in [0.2, 0.25) is 0 Å². The van der Waals surface area contributed by atoms with Gasteiger partial charge in [0.15, 0.2) is 11.6 Å². The lowest BCUT2D eigenvalue weighted by Crippen LogP contribution is -2.32. The van der Waals surface area contributed by atoms with Gasteiger partial charge in [0.05, 0.1) is 6.61 Å². The van der Waals surface area contributed by atoms with Gasteiger partial charge in [-0.2, -0.15) is 0 Å². The molecule has 0 spiro atoms. The van der Waals surface area contributed by atoms with Crippen molar-refractivity contribution >= 4 is 5.69 Å². The Kier molecular flexibility index (Phi) is 4.63. The highest BCUT2D eigenvalue weighted by Gasteiger charge is 2.18. The SMILES string of the molecule is CN1CCC(COc2ccc(N3CCCC3)cc2F)CC1. The fourth-order valence-electron chi connectivity index (χ4n) is 3.22. The average Bonchev–Trinajstić information content (AvgIpc) is 3.02. The minimum absolute atomic E-state index is 0.229. The van der Waals surface area contributed by atoms with Crippen LogP contribution in [0.1, 0.15) is 25.7 Å². The van der Waals surface area contributed by atoms with Crippen molar-refractivity contribution in [2.24, 2.45) is 5.92 Å². The summed E-state index contributed by atoms with van der Waals surface area (Å²) in [5, 5.41) is 0. The minimum Gasteiger partial charge on any atom is -0.490 e. The molecule has 0 bridgehead atoms. The molecule has 1 aromatic rings. The van der Waals surface area contributed by atoms with Gasteiger partial charge in [0, 0.05) is 24.8 Å². The van der Waals surface area contributed by atoms with E-state index in [1.54, 1.807) is 12.1 Å². The van der Waals surface area contributed by atoms with Gasteiger partial charge in [0.2, 0.25) is 0 Å². The normalized spacial score (nSPS) is 21.0. The molecule has 0 saturated carbocycles. The molecule has 116 valence electrons. The zero-order valence-electron chi connectivity index (χ0n) is 12.9. The van der Waals surface area contributed by atoms with Gasteiger partial charge in [-0.3, -0.25) is 0 Å². The summed E-state index contributed by atoms with van der Waals surface area (Å²) in [6, 6.07) is 5.39. The third-order valence-corrected chi connectivity index (χ3v) is 4.70. The van der Waals surface area contributed by atoms with Gasteiger partial charge in [-0.25, -0.2) is 4.39 Å². The number of ether oxygens (including phenoxy) is 1. The number of rotatable bonds is 4. The standard InChI is InChI=1S/C17H25FN2O/c1-19-10-6-14(7-11-19)13-21-17-5-4-15(12-16(17)18)20-8-2-3-9-20/h4-5,12,14H,2-3,6-11,13H2,1H3. The van der Waals surface area contributed by atoms with Crippen LogP contribution in [0.4, 0.5) is 10.1 Å². The molecule has 0 amide bonds. The Balaban J connectivity index is 1.55. The number of likely N-dealkylation sites (tertiary alicyclic amines) is 1. The monoisotopic (exact) mass is 292 g/mol. The number of piperidine rings is 1. The molecule has 0 unspecified atom stereocenters. The molecule has 0 radical (unpaired) electrons. The molecule has 0 N–H and O–H groups in total. The predicted octanol–water partition coefficient (Wildman–Crippen LogP) is 3.15. The topological polar surface area (TPSA) is 15.7 Å². The highest BCUT2D eigenvalue weighted by atomic mass is 19.1. The molecular weight excluding hydrogens is 267 g/mol. The number of anilines is 1. The molecular formula is C17H25FN2O. The number of hydrogen-bond donors (Lipinski definition) is 0. The molecule has 1 aromatic carbocycles. The quantitative estimate of drug-likeness (QED) is 0.848. The van der Waals surface area contributed by atoms with Crippen molar-refractivity contribution in [3.63, 3.8) is 0 Å². The van der Waals surface area contributed by atoms with Crippen LogP contribution in [0.15, 0.2) is 18.2 Å². The van der Waals surface area contributed by atoms with Crippen LogP contribution in [-0.4, -0.2) is 44.7 Å². The Morgan fingerprint density at radius 3 is 2.52 bits per heavy atom. The van der Waals surface area contributed by atoms with E-state index < -0.39 is 0 Å². The van der Waals surface area contributed by atoms with Crippen LogP contribution in [0.5, 0.6) is 5.75 Å². The smallest absolute Gasteiger partial charge is 0.167 e. The molecule has 4 heteroatoms. The second kappa shape index (κ2) is 6.65. The first-order valence-corrected chi connectivity index (χ1v) is 8.08. The Morgan fingerprint density at radius 1 is 1.14 bits per heavy atom. The highest BCUT2D eigenvalue weighted by Crippen LogP contribution is 2.27. The molecule has 2 aliphatic rings. The Bertz CT molecular complexity index is 466. The van der Waals surface area contributed by atoms with Crippen LogP contribution in [0.25, 0.3) is 0 Å². The molecule has 0 atom stereocenters. The molecule has 2 saturated heterocycles. The summed E-state index contributed by atoms with van der Waals surface area (Å²) in [5.41, 5.74) is 0.983. The highest BCUT2D eigenvalue weighted by molar-refractivity contribution is 5.50. The molecule has 0 aliphatic carbocycles. The second-order valence-electron chi connectivity index (χ2n) is 6.37. The van der Waals surface area contributed by atoms with Crippen molar-refractivity contribution in [3.05, 3.63) is 24.0 Å². The van der Waals surface area contributed by atoms with Crippen LogP contribution in [0.3, 0.4) is 0 Å². The Morgan fingerprint density at radius 2 is 1.86 bits per heavy atom. The van der Waals surface area contributed by atoms with E-state index in [4.69, 9.17) is 4.74 Å². The summed E-state index contributed by atoms with van der Waals surface area (Å²) in [7, 11) is 2.15. The van der Waals surface area contributed by atoms with Crippen LogP contribution < -0.4 is 9.64 Å². The van der Waals surface area contributed by atoms with Gasteiger partial charge in [-0.15, -0.1) is 0 Å². The maximum atomic E-state index is 14.2. The van der Waals surface area contributed by atoms with E-state index in [-0.39, 0.29) is 5.82 Å². The summed E-state index contributed by atoms with van der Waals surface area (Å²) < 4.78 is 19.9. The Labute approximate surface area is 126 Å². The lowest BCUT2D eigenvalue weighted by atomic mass is 9.98. The molecule has 2 aliphatic heterocycles. The van der Waals surface area contributed by atoms with E-state index in [1.807, 2.05) is 6.07 Å². The summed E-state index contributed by atoms with van der Waals surface area (Å²) in [6.07, 6.45) is 4.69. The zero-order chi connectivity index (χ0) is 14.7. The molecule has 3 nitrogen and oxygen atoms in total. The van der Waals surface area contributed by atoms with Gasteiger partial charge in [-0.05, 0) is 63.9 Å². The fraction of sp³-hybridized carbons (Fsp3) is 0.647. The van der Waals surface area contributed by atoms with Crippen LogP contribution >= 0.6 is 0 Å². The van der Waals surface area contributed by atoms with Gasteiger partial charge >= 0.3 is 0 Å². The molecule has 3 rings (SSSR count). The van der Waals surface area contributed by atoms with Crippen molar-refractivity contribution in [2.45, 2.75) is 25.7 Å². The maximum Gasteiger partial charge on any atom is 0.167 e. The largest absolute Gasteiger partial charge is 0.490 e. The summed E-state index contributed by atoms with van der Waals surface area (Å²) in [5.74, 6) is 0.725. The van der Waals surface area contributed by atoms with Gasteiger partial charge in [-0.1, -0.05) is 0 Å². The first-order valence-electron chi connectivity index (χ1n) is 8.08. The molecule has 2 heterocycles. The predicted molar refractivity (Wildman–Crippen MR) is 83.6 cm³/mol. The average molecular weight is 292 g/mol. The number of benzene rings is 1. The van der Waals surface area contributed by atoms with Crippen LogP contribution in [-0.2, 0) is 0 Å². The van der Waals surface area contributed by atoms with Gasteiger partial charge in [0.25, 0.3) is 0 Å². The summed E-state index contributed by atoms with van der Waals surface area (Å²) >= 11 is 0. The first kappa shape index (κ1) is 14.6. The molecule has 2 fully saturated rings. The van der Waals surface area contributed by atoms with E-state index in [0.717, 1.165) is 44.7 Å². The lowest BCUT2D eigenvalue weighted by Gasteiger charge is -2.28. The third kappa shape index (κ3) is 3.67. The third-order valence-electron chi connectivity index (χ3n) is 4.70. The van der Waals surface area contributed by atoms with E-state index in [1.165, 1.54) is 12.8 Å². The minimum atomic E-state index is -0.229. The van der Waals surface area contributed by atoms with E-state index >= 15 is 0 Å². The summed E-state index contributed by atoms with van der Waals surface area (Å²) in [6.45, 7) is 4.94. The number of hydrogen-bond acceptors (Lipinski definition) is 3. The fourth-order valence-corrected chi connectivity index (χ4v) is 3.22. The zero-order valence-corrected chi connectivity index (χ0v) is 12.9. The van der Waals surface area contributed by atoms with Gasteiger partial charge in [0.1, 0.15) is 0 Å². The second-order valence-corrected chi connectivity index (χ2v) is 6.37.